The standard InChI is InChI=1S/C17H18F2O/c1-3-12-7-9-13(10-8-12)17(2,20)11-14-15(18)5-4-6-16(14)19/h4-10,20H,3,11H2,1-2H3. The van der Waals surface area contributed by atoms with Crippen molar-refractivity contribution >= 4 is 0 Å². The van der Waals surface area contributed by atoms with E-state index in [0.717, 1.165) is 12.0 Å². The number of aryl methyl sites for hydroxylation is 1. The van der Waals surface area contributed by atoms with Gasteiger partial charge in [0.1, 0.15) is 11.6 Å². The predicted molar refractivity (Wildman–Crippen MR) is 75.5 cm³/mol. The fraction of sp³-hybridized carbons (Fsp3) is 0.294. The van der Waals surface area contributed by atoms with Crippen LogP contribution in [0.2, 0.25) is 0 Å². The molecule has 0 aliphatic heterocycles. The fourth-order valence-corrected chi connectivity index (χ4v) is 2.25. The third-order valence-electron chi connectivity index (χ3n) is 3.57. The molecule has 0 saturated carbocycles. The highest BCUT2D eigenvalue weighted by Crippen LogP contribution is 2.28. The van der Waals surface area contributed by atoms with Crippen molar-refractivity contribution in [1.82, 2.24) is 0 Å². The third-order valence-corrected chi connectivity index (χ3v) is 3.57. The van der Waals surface area contributed by atoms with Crippen LogP contribution in [0.3, 0.4) is 0 Å². The average Bonchev–Trinajstić information content (AvgIpc) is 2.43. The maximum atomic E-state index is 13.7. The topological polar surface area (TPSA) is 20.2 Å². The van der Waals surface area contributed by atoms with Crippen LogP contribution >= 0.6 is 0 Å². The lowest BCUT2D eigenvalue weighted by Gasteiger charge is -2.24. The molecule has 0 aliphatic rings. The minimum absolute atomic E-state index is 0.0860. The van der Waals surface area contributed by atoms with Gasteiger partial charge in [-0.05, 0) is 36.6 Å². The summed E-state index contributed by atoms with van der Waals surface area (Å²) in [5, 5.41) is 10.5. The van der Waals surface area contributed by atoms with E-state index in [1.165, 1.54) is 18.2 Å². The Kier molecular flexibility index (Phi) is 4.19. The Morgan fingerprint density at radius 1 is 1.00 bits per heavy atom. The first kappa shape index (κ1) is 14.7. The smallest absolute Gasteiger partial charge is 0.129 e. The van der Waals surface area contributed by atoms with Crippen LogP contribution in [0.1, 0.15) is 30.5 Å². The molecule has 20 heavy (non-hydrogen) atoms. The van der Waals surface area contributed by atoms with Crippen LogP contribution in [0.15, 0.2) is 42.5 Å². The van der Waals surface area contributed by atoms with Crippen molar-refractivity contribution in [3.8, 4) is 0 Å². The van der Waals surface area contributed by atoms with Crippen LogP contribution in [0.4, 0.5) is 8.78 Å². The molecule has 3 heteroatoms. The summed E-state index contributed by atoms with van der Waals surface area (Å²) in [7, 11) is 0. The van der Waals surface area contributed by atoms with Gasteiger partial charge in [0.2, 0.25) is 0 Å². The summed E-state index contributed by atoms with van der Waals surface area (Å²) < 4.78 is 27.3. The second-order valence-corrected chi connectivity index (χ2v) is 5.20. The first-order valence-electron chi connectivity index (χ1n) is 6.68. The van der Waals surface area contributed by atoms with Gasteiger partial charge in [-0.3, -0.25) is 0 Å². The lowest BCUT2D eigenvalue weighted by molar-refractivity contribution is 0.0557. The van der Waals surface area contributed by atoms with Gasteiger partial charge in [-0.2, -0.15) is 0 Å². The van der Waals surface area contributed by atoms with E-state index in [-0.39, 0.29) is 12.0 Å². The molecule has 0 aliphatic carbocycles. The van der Waals surface area contributed by atoms with Crippen molar-refractivity contribution in [2.24, 2.45) is 0 Å². The summed E-state index contributed by atoms with van der Waals surface area (Å²) in [6, 6.07) is 11.2. The largest absolute Gasteiger partial charge is 0.385 e. The monoisotopic (exact) mass is 276 g/mol. The zero-order valence-corrected chi connectivity index (χ0v) is 11.7. The number of aliphatic hydroxyl groups is 1. The van der Waals surface area contributed by atoms with Crippen molar-refractivity contribution in [2.45, 2.75) is 32.3 Å². The van der Waals surface area contributed by atoms with Crippen molar-refractivity contribution in [1.29, 1.82) is 0 Å². The van der Waals surface area contributed by atoms with Crippen LogP contribution in [0.25, 0.3) is 0 Å². The highest BCUT2D eigenvalue weighted by Gasteiger charge is 2.26. The molecule has 2 aromatic rings. The zero-order valence-electron chi connectivity index (χ0n) is 11.7. The Balaban J connectivity index is 2.30. The van der Waals surface area contributed by atoms with E-state index in [0.29, 0.717) is 5.56 Å². The molecular formula is C17H18F2O. The first-order valence-corrected chi connectivity index (χ1v) is 6.68. The predicted octanol–water partition coefficient (Wildman–Crippen LogP) is 3.98. The van der Waals surface area contributed by atoms with Gasteiger partial charge < -0.3 is 5.11 Å². The van der Waals surface area contributed by atoms with E-state index in [9.17, 15) is 13.9 Å². The first-order chi connectivity index (χ1) is 9.44. The highest BCUT2D eigenvalue weighted by molar-refractivity contribution is 5.30. The fourth-order valence-electron chi connectivity index (χ4n) is 2.25. The lowest BCUT2D eigenvalue weighted by Crippen LogP contribution is -2.25. The van der Waals surface area contributed by atoms with Crippen molar-refractivity contribution < 1.29 is 13.9 Å². The highest BCUT2D eigenvalue weighted by atomic mass is 19.1. The third kappa shape index (κ3) is 3.05. The van der Waals surface area contributed by atoms with E-state index in [2.05, 4.69) is 0 Å². The van der Waals surface area contributed by atoms with Crippen LogP contribution in [0.5, 0.6) is 0 Å². The molecule has 0 spiro atoms. The summed E-state index contributed by atoms with van der Waals surface area (Å²) in [4.78, 5) is 0. The molecule has 1 N–H and O–H groups in total. The minimum Gasteiger partial charge on any atom is -0.385 e. The second kappa shape index (κ2) is 5.71. The van der Waals surface area contributed by atoms with E-state index >= 15 is 0 Å². The van der Waals surface area contributed by atoms with Gasteiger partial charge in [-0.25, -0.2) is 8.78 Å². The molecule has 106 valence electrons. The number of rotatable bonds is 4. The van der Waals surface area contributed by atoms with Crippen molar-refractivity contribution in [3.63, 3.8) is 0 Å². The summed E-state index contributed by atoms with van der Waals surface area (Å²) in [5.41, 5.74) is 0.408. The molecule has 2 rings (SSSR count). The zero-order chi connectivity index (χ0) is 14.8. The maximum Gasteiger partial charge on any atom is 0.129 e. The quantitative estimate of drug-likeness (QED) is 0.895. The van der Waals surface area contributed by atoms with Gasteiger partial charge in [0, 0.05) is 12.0 Å². The van der Waals surface area contributed by atoms with Crippen molar-refractivity contribution in [2.75, 3.05) is 0 Å². The molecule has 0 aromatic heterocycles. The molecule has 0 amide bonds. The molecular weight excluding hydrogens is 258 g/mol. The Morgan fingerprint density at radius 3 is 2.05 bits per heavy atom. The van der Waals surface area contributed by atoms with Crippen LogP contribution in [-0.2, 0) is 18.4 Å². The van der Waals surface area contributed by atoms with E-state index < -0.39 is 17.2 Å². The van der Waals surface area contributed by atoms with E-state index in [1.807, 2.05) is 19.1 Å². The maximum absolute atomic E-state index is 13.7. The second-order valence-electron chi connectivity index (χ2n) is 5.20. The molecule has 1 unspecified atom stereocenters. The molecule has 1 nitrogen and oxygen atoms in total. The van der Waals surface area contributed by atoms with Gasteiger partial charge >= 0.3 is 0 Å². The van der Waals surface area contributed by atoms with Crippen molar-refractivity contribution in [3.05, 3.63) is 70.8 Å². The number of hydrogen-bond acceptors (Lipinski definition) is 1. The number of halogens is 2. The lowest BCUT2D eigenvalue weighted by atomic mass is 9.88. The van der Waals surface area contributed by atoms with Crippen LogP contribution in [0, 0.1) is 11.6 Å². The minimum atomic E-state index is -1.31. The molecule has 2 aromatic carbocycles. The Bertz CT molecular complexity index is 568. The summed E-state index contributed by atoms with van der Waals surface area (Å²) in [5.74, 6) is -1.26. The number of benzene rings is 2. The average molecular weight is 276 g/mol. The number of hydrogen-bond donors (Lipinski definition) is 1. The van der Waals surface area contributed by atoms with Crippen LogP contribution in [-0.4, -0.2) is 5.11 Å². The van der Waals surface area contributed by atoms with Gasteiger partial charge in [0.05, 0.1) is 5.60 Å². The van der Waals surface area contributed by atoms with Gasteiger partial charge in [-0.15, -0.1) is 0 Å². The van der Waals surface area contributed by atoms with Crippen LogP contribution < -0.4 is 0 Å². The van der Waals surface area contributed by atoms with Gasteiger partial charge in [0.15, 0.2) is 0 Å². The van der Waals surface area contributed by atoms with E-state index in [1.54, 1.807) is 19.1 Å². The summed E-state index contributed by atoms with van der Waals surface area (Å²) in [6.45, 7) is 3.61. The molecule has 0 fully saturated rings. The molecule has 1 atom stereocenters. The van der Waals surface area contributed by atoms with Gasteiger partial charge in [-0.1, -0.05) is 37.3 Å². The Morgan fingerprint density at radius 2 is 1.55 bits per heavy atom. The van der Waals surface area contributed by atoms with E-state index in [4.69, 9.17) is 0 Å². The Labute approximate surface area is 117 Å². The summed E-state index contributed by atoms with van der Waals surface area (Å²) >= 11 is 0. The molecule has 0 heterocycles. The molecule has 0 radical (unpaired) electrons. The summed E-state index contributed by atoms with van der Waals surface area (Å²) in [6.07, 6.45) is 0.807. The SMILES string of the molecule is CCc1ccc(C(C)(O)Cc2c(F)cccc2F)cc1. The van der Waals surface area contributed by atoms with Gasteiger partial charge in [0.25, 0.3) is 0 Å². The Hall–Kier alpha value is -1.74. The normalized spacial score (nSPS) is 14.1. The molecule has 0 bridgehead atoms. The molecule has 0 saturated heterocycles.